The number of thiazole rings is 1. The number of nitrogens with zero attached hydrogens (tertiary/aromatic N) is 3. The van der Waals surface area contributed by atoms with Gasteiger partial charge in [-0.2, -0.15) is 0 Å². The molecule has 1 unspecified atom stereocenters. The summed E-state index contributed by atoms with van der Waals surface area (Å²) in [5.41, 5.74) is 3.40. The molecule has 0 spiro atoms. The quantitative estimate of drug-likeness (QED) is 0.291. The van der Waals surface area contributed by atoms with Crippen molar-refractivity contribution in [2.75, 3.05) is 21.2 Å². The van der Waals surface area contributed by atoms with E-state index in [0.717, 1.165) is 16.7 Å². The van der Waals surface area contributed by atoms with Crippen LogP contribution in [-0.4, -0.2) is 43.2 Å². The summed E-state index contributed by atoms with van der Waals surface area (Å²) in [6.07, 6.45) is 0.266. The second-order valence-corrected chi connectivity index (χ2v) is 7.88. The minimum atomic E-state index is 0. The van der Waals surface area contributed by atoms with E-state index < -0.39 is 0 Å². The summed E-state index contributed by atoms with van der Waals surface area (Å²) in [4.78, 5) is 11.1. The lowest BCUT2D eigenvalue weighted by Gasteiger charge is -2.21. The Labute approximate surface area is 195 Å². The van der Waals surface area contributed by atoms with E-state index in [0.29, 0.717) is 19.7 Å². The van der Waals surface area contributed by atoms with Crippen LogP contribution in [0.3, 0.4) is 0 Å². The van der Waals surface area contributed by atoms with Crippen LogP contribution < -0.4 is 5.32 Å². The predicted molar refractivity (Wildman–Crippen MR) is 131 cm³/mol. The molecule has 162 valence electrons. The summed E-state index contributed by atoms with van der Waals surface area (Å²) in [7, 11) is 5.51. The molecule has 0 aliphatic carbocycles. The Balaban J connectivity index is 0.00000420. The highest BCUT2D eigenvalue weighted by Gasteiger charge is 2.12. The number of ether oxygens (including phenoxy) is 2. The molecule has 0 aliphatic heterocycles. The molecule has 0 saturated carbocycles. The lowest BCUT2D eigenvalue weighted by atomic mass is 10.1. The highest BCUT2D eigenvalue weighted by atomic mass is 127. The van der Waals surface area contributed by atoms with Gasteiger partial charge in [-0.3, -0.25) is 4.99 Å². The van der Waals surface area contributed by atoms with Crippen molar-refractivity contribution in [3.63, 3.8) is 0 Å². The van der Waals surface area contributed by atoms with Crippen molar-refractivity contribution in [2.45, 2.75) is 52.7 Å². The van der Waals surface area contributed by atoms with Crippen molar-refractivity contribution >= 4 is 41.3 Å². The SMILES string of the molecule is CN=C(NCc1ccc(COC(C)C)cc1)N(C)Cc1csc(C(C)OC)n1.I. The second-order valence-electron chi connectivity index (χ2n) is 6.99. The van der Waals surface area contributed by atoms with Gasteiger partial charge < -0.3 is 19.7 Å². The smallest absolute Gasteiger partial charge is 0.194 e. The van der Waals surface area contributed by atoms with Crippen molar-refractivity contribution in [3.05, 3.63) is 51.5 Å². The summed E-state index contributed by atoms with van der Waals surface area (Å²) < 4.78 is 11.0. The molecule has 0 aliphatic rings. The Kier molecular flexibility index (Phi) is 11.7. The number of nitrogens with one attached hydrogen (secondary N) is 1. The molecule has 0 amide bonds. The minimum Gasteiger partial charge on any atom is -0.375 e. The molecular formula is C21H33IN4O2S. The number of aliphatic imine (C=N–C) groups is 1. The fourth-order valence-electron chi connectivity index (χ4n) is 2.58. The maximum atomic E-state index is 5.64. The summed E-state index contributed by atoms with van der Waals surface area (Å²) in [5, 5.41) is 6.48. The molecule has 0 saturated heterocycles. The zero-order chi connectivity index (χ0) is 20.5. The first kappa shape index (κ1) is 25.8. The highest BCUT2D eigenvalue weighted by molar-refractivity contribution is 14.0. The third kappa shape index (κ3) is 8.57. The Bertz CT molecular complexity index is 749. The van der Waals surface area contributed by atoms with Crippen molar-refractivity contribution in [1.82, 2.24) is 15.2 Å². The first-order valence-electron chi connectivity index (χ1n) is 9.51. The predicted octanol–water partition coefficient (Wildman–Crippen LogP) is 4.60. The zero-order valence-corrected chi connectivity index (χ0v) is 21.3. The second kappa shape index (κ2) is 13.1. The molecule has 1 atom stereocenters. The fraction of sp³-hybridized carbons (Fsp3) is 0.524. The van der Waals surface area contributed by atoms with E-state index in [9.17, 15) is 0 Å². The first-order chi connectivity index (χ1) is 13.4. The number of guanidine groups is 1. The van der Waals surface area contributed by atoms with E-state index >= 15 is 0 Å². The van der Waals surface area contributed by atoms with Gasteiger partial charge in [-0.15, -0.1) is 35.3 Å². The molecular weight excluding hydrogens is 499 g/mol. The van der Waals surface area contributed by atoms with Crippen LogP contribution in [0.25, 0.3) is 0 Å². The largest absolute Gasteiger partial charge is 0.375 e. The van der Waals surface area contributed by atoms with E-state index in [2.05, 4.69) is 49.8 Å². The van der Waals surface area contributed by atoms with E-state index in [4.69, 9.17) is 9.47 Å². The number of rotatable bonds is 9. The molecule has 2 rings (SSSR count). The Hall–Kier alpha value is -1.23. The number of hydrogen-bond acceptors (Lipinski definition) is 5. The van der Waals surface area contributed by atoms with Crippen LogP contribution in [0.15, 0.2) is 34.6 Å². The van der Waals surface area contributed by atoms with Gasteiger partial charge in [0, 0.05) is 33.1 Å². The minimum absolute atomic E-state index is 0. The van der Waals surface area contributed by atoms with Crippen LogP contribution >= 0.6 is 35.3 Å². The third-order valence-corrected chi connectivity index (χ3v) is 5.35. The lowest BCUT2D eigenvalue weighted by molar-refractivity contribution is 0.0657. The van der Waals surface area contributed by atoms with Gasteiger partial charge in [-0.1, -0.05) is 24.3 Å². The van der Waals surface area contributed by atoms with Gasteiger partial charge >= 0.3 is 0 Å². The summed E-state index contributed by atoms with van der Waals surface area (Å²) in [5.74, 6) is 0.835. The van der Waals surface area contributed by atoms with E-state index in [-0.39, 0.29) is 36.2 Å². The van der Waals surface area contributed by atoms with Crippen LogP contribution in [0.1, 0.15) is 48.7 Å². The molecule has 0 radical (unpaired) electrons. The van der Waals surface area contributed by atoms with Crippen LogP contribution in [0.2, 0.25) is 0 Å². The number of benzene rings is 1. The van der Waals surface area contributed by atoms with Gasteiger partial charge in [0.2, 0.25) is 0 Å². The number of hydrogen-bond donors (Lipinski definition) is 1. The maximum Gasteiger partial charge on any atom is 0.194 e. The van der Waals surface area contributed by atoms with Crippen LogP contribution in [0.5, 0.6) is 0 Å². The van der Waals surface area contributed by atoms with Crippen molar-refractivity contribution in [2.24, 2.45) is 4.99 Å². The molecule has 0 fully saturated rings. The van der Waals surface area contributed by atoms with Crippen molar-refractivity contribution < 1.29 is 9.47 Å². The molecule has 1 aromatic heterocycles. The summed E-state index contributed by atoms with van der Waals surface area (Å²) in [6, 6.07) is 8.47. The summed E-state index contributed by atoms with van der Waals surface area (Å²) in [6.45, 7) is 8.15. The molecule has 8 heteroatoms. The fourth-order valence-corrected chi connectivity index (χ4v) is 3.42. The Morgan fingerprint density at radius 1 is 1.21 bits per heavy atom. The van der Waals surface area contributed by atoms with Gasteiger partial charge in [0.1, 0.15) is 11.1 Å². The van der Waals surface area contributed by atoms with Crippen molar-refractivity contribution in [1.29, 1.82) is 0 Å². The highest BCUT2D eigenvalue weighted by Crippen LogP contribution is 2.20. The normalized spacial score (nSPS) is 12.6. The lowest BCUT2D eigenvalue weighted by Crippen LogP contribution is -2.38. The third-order valence-electron chi connectivity index (χ3n) is 4.30. The Morgan fingerprint density at radius 2 is 1.86 bits per heavy atom. The first-order valence-corrected chi connectivity index (χ1v) is 10.4. The molecule has 1 N–H and O–H groups in total. The average molecular weight is 532 g/mol. The Morgan fingerprint density at radius 3 is 2.45 bits per heavy atom. The number of aromatic nitrogens is 1. The maximum absolute atomic E-state index is 5.64. The van der Waals surface area contributed by atoms with E-state index in [1.807, 2.05) is 27.8 Å². The van der Waals surface area contributed by atoms with Crippen LogP contribution in [0.4, 0.5) is 0 Å². The van der Waals surface area contributed by atoms with Crippen LogP contribution in [-0.2, 0) is 29.2 Å². The van der Waals surface area contributed by atoms with Crippen molar-refractivity contribution in [3.8, 4) is 0 Å². The molecule has 1 heterocycles. The summed E-state index contributed by atoms with van der Waals surface area (Å²) >= 11 is 1.63. The van der Waals surface area contributed by atoms with E-state index in [1.165, 1.54) is 11.1 Å². The number of methoxy groups -OCH3 is 1. The van der Waals surface area contributed by atoms with Gasteiger partial charge in [0.05, 0.1) is 24.9 Å². The monoisotopic (exact) mass is 532 g/mol. The van der Waals surface area contributed by atoms with Gasteiger partial charge in [-0.25, -0.2) is 4.98 Å². The number of halogens is 1. The standard InChI is InChI=1S/C21H32N4O2S.HI/c1-15(2)27-13-18-9-7-17(8-10-18)11-23-21(22-4)25(5)12-19-14-28-20(24-19)16(3)26-6;/h7-10,14-16H,11-13H2,1-6H3,(H,22,23);1H. The average Bonchev–Trinajstić information content (AvgIpc) is 3.15. The van der Waals surface area contributed by atoms with Crippen LogP contribution in [0, 0.1) is 0 Å². The van der Waals surface area contributed by atoms with Gasteiger partial charge in [-0.05, 0) is 31.9 Å². The molecule has 1 aromatic carbocycles. The van der Waals surface area contributed by atoms with Gasteiger partial charge in [0.25, 0.3) is 0 Å². The molecule has 6 nitrogen and oxygen atoms in total. The van der Waals surface area contributed by atoms with Gasteiger partial charge in [0.15, 0.2) is 5.96 Å². The van der Waals surface area contributed by atoms with E-state index in [1.54, 1.807) is 25.5 Å². The zero-order valence-electron chi connectivity index (χ0n) is 18.1. The molecule has 0 bridgehead atoms. The molecule has 29 heavy (non-hydrogen) atoms. The topological polar surface area (TPSA) is 59.0 Å². The molecule has 2 aromatic rings.